The van der Waals surface area contributed by atoms with Crippen LogP contribution in [0.2, 0.25) is 0 Å². The predicted octanol–water partition coefficient (Wildman–Crippen LogP) is 7.42. The van der Waals surface area contributed by atoms with E-state index in [1.807, 2.05) is 12.1 Å². The fraction of sp³-hybridized carbons (Fsp3) is 0.345. The van der Waals surface area contributed by atoms with Gasteiger partial charge in [0.25, 0.3) is 5.91 Å². The van der Waals surface area contributed by atoms with Crippen LogP contribution >= 0.6 is 0 Å². The highest BCUT2D eigenvalue weighted by Crippen LogP contribution is 2.32. The largest absolute Gasteiger partial charge is 0.416 e. The number of alkyl halides is 3. The molecule has 0 unspecified atom stereocenters. The second kappa shape index (κ2) is 9.86. The van der Waals surface area contributed by atoms with Gasteiger partial charge in [-0.1, -0.05) is 57.2 Å². The Labute approximate surface area is 205 Å². The number of rotatable bonds is 5. The van der Waals surface area contributed by atoms with Gasteiger partial charge in [-0.3, -0.25) is 9.69 Å². The lowest BCUT2D eigenvalue weighted by atomic mass is 9.91. The van der Waals surface area contributed by atoms with Crippen molar-refractivity contribution < 1.29 is 18.0 Å². The zero-order chi connectivity index (χ0) is 25.2. The normalized spacial score (nSPS) is 14.5. The molecule has 4 rings (SSSR count). The lowest BCUT2D eigenvalue weighted by Crippen LogP contribution is -2.33. The number of carbonyl (C=O) groups is 1. The van der Waals surface area contributed by atoms with Crippen LogP contribution in [-0.4, -0.2) is 23.9 Å². The molecule has 0 aliphatic carbocycles. The molecule has 1 aliphatic rings. The van der Waals surface area contributed by atoms with Gasteiger partial charge >= 0.3 is 6.18 Å². The molecule has 0 fully saturated rings. The van der Waals surface area contributed by atoms with E-state index in [1.54, 1.807) is 24.3 Å². The summed E-state index contributed by atoms with van der Waals surface area (Å²) in [5, 5.41) is 2.98. The standard InChI is InChI=1S/C29H31F3N2O/c1-28(2,3)15-17-34-16-14-21-18-24(13-10-22(21)19-34)33-27(35)26-7-5-4-6-25(26)20-8-11-23(12-9-20)29(30,31)32/h4-13,18H,14-17,19H2,1-3H3,(H,33,35). The van der Waals surface area contributed by atoms with E-state index in [9.17, 15) is 18.0 Å². The Balaban J connectivity index is 1.48. The van der Waals surface area contributed by atoms with Crippen LogP contribution in [0.15, 0.2) is 66.7 Å². The van der Waals surface area contributed by atoms with E-state index < -0.39 is 11.7 Å². The van der Waals surface area contributed by atoms with Gasteiger partial charge < -0.3 is 5.32 Å². The van der Waals surface area contributed by atoms with Gasteiger partial charge in [-0.2, -0.15) is 13.2 Å². The second-order valence-electron chi connectivity index (χ2n) is 10.4. The molecule has 0 bridgehead atoms. The summed E-state index contributed by atoms with van der Waals surface area (Å²) in [6.45, 7) is 9.76. The minimum absolute atomic E-state index is 0.289. The quantitative estimate of drug-likeness (QED) is 0.412. The second-order valence-corrected chi connectivity index (χ2v) is 10.4. The molecule has 3 aromatic carbocycles. The zero-order valence-electron chi connectivity index (χ0n) is 20.4. The first-order chi connectivity index (χ1) is 16.5. The first-order valence-corrected chi connectivity index (χ1v) is 11.9. The highest BCUT2D eigenvalue weighted by atomic mass is 19.4. The minimum atomic E-state index is -4.40. The Hall–Kier alpha value is -3.12. The van der Waals surface area contributed by atoms with Crippen LogP contribution in [0.3, 0.4) is 0 Å². The van der Waals surface area contributed by atoms with Crippen LogP contribution < -0.4 is 5.32 Å². The number of amides is 1. The van der Waals surface area contributed by atoms with Crippen LogP contribution in [-0.2, 0) is 19.1 Å². The van der Waals surface area contributed by atoms with Crippen molar-refractivity contribution in [2.75, 3.05) is 18.4 Å². The van der Waals surface area contributed by atoms with Crippen molar-refractivity contribution in [2.24, 2.45) is 5.41 Å². The maximum Gasteiger partial charge on any atom is 0.416 e. The van der Waals surface area contributed by atoms with Gasteiger partial charge in [-0.15, -0.1) is 0 Å². The first kappa shape index (κ1) is 25.0. The molecule has 0 aromatic heterocycles. The van der Waals surface area contributed by atoms with Gasteiger partial charge in [0.2, 0.25) is 0 Å². The molecule has 0 spiro atoms. The molecule has 0 radical (unpaired) electrons. The highest BCUT2D eigenvalue weighted by molar-refractivity contribution is 6.08. The molecule has 0 saturated heterocycles. The summed E-state index contributed by atoms with van der Waals surface area (Å²) >= 11 is 0. The minimum Gasteiger partial charge on any atom is -0.322 e. The van der Waals surface area contributed by atoms with Crippen molar-refractivity contribution >= 4 is 11.6 Å². The average Bonchev–Trinajstić information content (AvgIpc) is 2.82. The number of anilines is 1. The predicted molar refractivity (Wildman–Crippen MR) is 134 cm³/mol. The van der Waals surface area contributed by atoms with Crippen molar-refractivity contribution in [1.29, 1.82) is 0 Å². The third-order valence-electron chi connectivity index (χ3n) is 6.43. The van der Waals surface area contributed by atoms with Crippen LogP contribution in [0, 0.1) is 5.41 Å². The van der Waals surface area contributed by atoms with E-state index in [1.165, 1.54) is 23.3 Å². The van der Waals surface area contributed by atoms with E-state index in [2.05, 4.69) is 37.1 Å². The van der Waals surface area contributed by atoms with Crippen molar-refractivity contribution in [3.63, 3.8) is 0 Å². The average molecular weight is 481 g/mol. The van der Waals surface area contributed by atoms with Crippen LogP contribution in [0.5, 0.6) is 0 Å². The van der Waals surface area contributed by atoms with Gasteiger partial charge in [0.05, 0.1) is 5.56 Å². The van der Waals surface area contributed by atoms with Crippen LogP contribution in [0.1, 0.15) is 54.2 Å². The third kappa shape index (κ3) is 6.31. The fourth-order valence-corrected chi connectivity index (χ4v) is 4.34. The number of hydrogen-bond acceptors (Lipinski definition) is 2. The third-order valence-corrected chi connectivity index (χ3v) is 6.43. The molecule has 1 amide bonds. The molecule has 184 valence electrons. The SMILES string of the molecule is CC(C)(C)CCN1CCc2cc(NC(=O)c3ccccc3-c3ccc(C(F)(F)F)cc3)ccc2C1. The summed E-state index contributed by atoms with van der Waals surface area (Å²) in [6.07, 6.45) is -2.31. The lowest BCUT2D eigenvalue weighted by molar-refractivity contribution is -0.137. The number of hydrogen-bond donors (Lipinski definition) is 1. The summed E-state index contributed by atoms with van der Waals surface area (Å²) in [5.41, 5.74) is 4.41. The number of benzene rings is 3. The monoisotopic (exact) mass is 480 g/mol. The molecular weight excluding hydrogens is 449 g/mol. The number of nitrogens with zero attached hydrogens (tertiary/aromatic N) is 1. The summed E-state index contributed by atoms with van der Waals surface area (Å²) in [7, 11) is 0. The van der Waals surface area contributed by atoms with E-state index in [0.717, 1.165) is 50.3 Å². The number of nitrogens with one attached hydrogen (secondary N) is 1. The molecule has 0 saturated carbocycles. The maximum atomic E-state index is 13.1. The van der Waals surface area contributed by atoms with Crippen LogP contribution in [0.4, 0.5) is 18.9 Å². The van der Waals surface area contributed by atoms with Gasteiger partial charge in [0, 0.05) is 24.3 Å². The summed E-state index contributed by atoms with van der Waals surface area (Å²) in [4.78, 5) is 15.6. The Morgan fingerprint density at radius 2 is 1.66 bits per heavy atom. The van der Waals surface area contributed by atoms with Crippen molar-refractivity contribution in [1.82, 2.24) is 4.90 Å². The Morgan fingerprint density at radius 1 is 0.943 bits per heavy atom. The molecule has 1 N–H and O–H groups in total. The fourth-order valence-electron chi connectivity index (χ4n) is 4.34. The molecule has 1 heterocycles. The number of halogens is 3. The van der Waals surface area contributed by atoms with Gasteiger partial charge in [0.1, 0.15) is 0 Å². The van der Waals surface area contributed by atoms with E-state index in [0.29, 0.717) is 22.1 Å². The van der Waals surface area contributed by atoms with E-state index >= 15 is 0 Å². The molecule has 1 aliphatic heterocycles. The molecule has 6 heteroatoms. The zero-order valence-corrected chi connectivity index (χ0v) is 20.4. The van der Waals surface area contributed by atoms with E-state index in [4.69, 9.17) is 0 Å². The summed E-state index contributed by atoms with van der Waals surface area (Å²) in [6, 6.07) is 17.9. The van der Waals surface area contributed by atoms with Gasteiger partial charge in [-0.25, -0.2) is 0 Å². The van der Waals surface area contributed by atoms with Gasteiger partial charge in [0.15, 0.2) is 0 Å². The molecule has 35 heavy (non-hydrogen) atoms. The Bertz CT molecular complexity index is 1190. The maximum absolute atomic E-state index is 13.1. The summed E-state index contributed by atoms with van der Waals surface area (Å²) < 4.78 is 38.8. The summed E-state index contributed by atoms with van der Waals surface area (Å²) in [5.74, 6) is -0.289. The van der Waals surface area contributed by atoms with Crippen molar-refractivity contribution in [3.8, 4) is 11.1 Å². The number of carbonyl (C=O) groups excluding carboxylic acids is 1. The molecule has 3 nitrogen and oxygen atoms in total. The molecule has 3 aromatic rings. The first-order valence-electron chi connectivity index (χ1n) is 11.9. The van der Waals surface area contributed by atoms with Crippen molar-refractivity contribution in [2.45, 2.75) is 46.3 Å². The lowest BCUT2D eigenvalue weighted by Gasteiger charge is -2.31. The topological polar surface area (TPSA) is 32.3 Å². The number of fused-ring (bicyclic) bond motifs is 1. The van der Waals surface area contributed by atoms with Crippen molar-refractivity contribution in [3.05, 3.63) is 89.0 Å². The van der Waals surface area contributed by atoms with E-state index in [-0.39, 0.29) is 5.91 Å². The van der Waals surface area contributed by atoms with Crippen LogP contribution in [0.25, 0.3) is 11.1 Å². The Kier molecular flexibility index (Phi) is 7.04. The Morgan fingerprint density at radius 3 is 2.34 bits per heavy atom. The van der Waals surface area contributed by atoms with Gasteiger partial charge in [-0.05, 0) is 77.4 Å². The molecule has 0 atom stereocenters. The highest BCUT2D eigenvalue weighted by Gasteiger charge is 2.30. The molecular formula is C29H31F3N2O. The smallest absolute Gasteiger partial charge is 0.322 e.